The topological polar surface area (TPSA) is 72.3 Å². The van der Waals surface area contributed by atoms with Gasteiger partial charge in [0.25, 0.3) is 0 Å². The van der Waals surface area contributed by atoms with Crippen LogP contribution >= 0.6 is 0 Å². The largest absolute Gasteiger partial charge is 0.481 e. The van der Waals surface area contributed by atoms with E-state index in [0.29, 0.717) is 17.7 Å². The van der Waals surface area contributed by atoms with Crippen molar-refractivity contribution in [3.8, 4) is 11.8 Å². The zero-order valence-electron chi connectivity index (χ0n) is 12.3. The minimum Gasteiger partial charge on any atom is -0.481 e. The zero-order valence-corrected chi connectivity index (χ0v) is 12.3. The van der Waals surface area contributed by atoms with Gasteiger partial charge in [-0.2, -0.15) is 4.98 Å². The van der Waals surface area contributed by atoms with Crippen molar-refractivity contribution in [1.29, 1.82) is 0 Å². The second kappa shape index (κ2) is 6.35. The van der Waals surface area contributed by atoms with E-state index >= 15 is 0 Å². The number of ether oxygens (including phenoxy) is 1. The maximum Gasteiger partial charge on any atom is 0.322 e. The molecule has 110 valence electrons. The monoisotopic (exact) mass is 286 g/mol. The van der Waals surface area contributed by atoms with Crippen LogP contribution < -0.4 is 4.74 Å². The summed E-state index contributed by atoms with van der Waals surface area (Å²) in [6.07, 6.45) is -0.00127. The third-order valence-corrected chi connectivity index (χ3v) is 2.93. The fourth-order valence-electron chi connectivity index (χ4n) is 1.86. The van der Waals surface area contributed by atoms with Crippen molar-refractivity contribution in [2.45, 2.75) is 33.1 Å². The Morgan fingerprint density at radius 3 is 2.48 bits per heavy atom. The quantitative estimate of drug-likeness (QED) is 0.912. The lowest BCUT2D eigenvalue weighted by molar-refractivity contribution is -0.136. The predicted molar refractivity (Wildman–Crippen MR) is 78.7 cm³/mol. The van der Waals surface area contributed by atoms with E-state index in [0.717, 1.165) is 17.0 Å². The molecule has 0 saturated carbocycles. The van der Waals surface area contributed by atoms with Crippen LogP contribution in [0.5, 0.6) is 11.8 Å². The number of carboxylic acid groups (broad SMARTS) is 1. The molecule has 2 rings (SSSR count). The number of rotatable bonds is 5. The van der Waals surface area contributed by atoms with Gasteiger partial charge in [-0.15, -0.1) is 0 Å². The molecule has 5 heteroatoms. The number of carboxylic acids is 1. The molecule has 0 bridgehead atoms. The number of aryl methyl sites for hydroxylation is 1. The number of hydrogen-bond donors (Lipinski definition) is 1. The molecule has 1 aromatic carbocycles. The molecule has 5 nitrogen and oxygen atoms in total. The van der Waals surface area contributed by atoms with Gasteiger partial charge >= 0.3 is 12.0 Å². The highest BCUT2D eigenvalue weighted by Crippen LogP contribution is 2.21. The van der Waals surface area contributed by atoms with Gasteiger partial charge in [0.15, 0.2) is 0 Å². The molecule has 0 aliphatic heterocycles. The Labute approximate surface area is 123 Å². The number of aliphatic carboxylic acids is 1. The van der Waals surface area contributed by atoms with Gasteiger partial charge in [-0.1, -0.05) is 26.0 Å². The molecular weight excluding hydrogens is 268 g/mol. The maximum absolute atomic E-state index is 10.6. The van der Waals surface area contributed by atoms with Crippen LogP contribution in [0.15, 0.2) is 30.3 Å². The Morgan fingerprint density at radius 1 is 1.24 bits per heavy atom. The second-order valence-electron chi connectivity index (χ2n) is 5.19. The summed E-state index contributed by atoms with van der Waals surface area (Å²) in [6, 6.07) is 9.14. The van der Waals surface area contributed by atoms with E-state index < -0.39 is 5.97 Å². The summed E-state index contributed by atoms with van der Waals surface area (Å²) in [5, 5.41) is 8.73. The van der Waals surface area contributed by atoms with E-state index in [1.807, 2.05) is 13.0 Å². The van der Waals surface area contributed by atoms with Gasteiger partial charge in [-0.05, 0) is 36.6 Å². The third kappa shape index (κ3) is 4.27. The highest BCUT2D eigenvalue weighted by molar-refractivity contribution is 5.70. The summed E-state index contributed by atoms with van der Waals surface area (Å²) < 4.78 is 5.64. The Balaban J connectivity index is 2.16. The molecule has 1 aromatic heterocycles. The molecular formula is C16H18N2O3. The molecule has 0 unspecified atom stereocenters. The summed E-state index contributed by atoms with van der Waals surface area (Å²) >= 11 is 0. The summed E-state index contributed by atoms with van der Waals surface area (Å²) in [5.41, 5.74) is 2.51. The normalized spacial score (nSPS) is 10.7. The van der Waals surface area contributed by atoms with Gasteiger partial charge in [-0.3, -0.25) is 4.79 Å². The van der Waals surface area contributed by atoms with Crippen molar-refractivity contribution in [2.24, 2.45) is 0 Å². The molecule has 0 atom stereocenters. The minimum atomic E-state index is -0.854. The molecule has 2 aromatic rings. The smallest absolute Gasteiger partial charge is 0.322 e. The van der Waals surface area contributed by atoms with Gasteiger partial charge < -0.3 is 9.84 Å². The lowest BCUT2D eigenvalue weighted by Gasteiger charge is -2.09. The zero-order chi connectivity index (χ0) is 15.4. The molecule has 0 amide bonds. The van der Waals surface area contributed by atoms with Crippen LogP contribution in [0.25, 0.3) is 0 Å². The predicted octanol–water partition coefficient (Wildman–Crippen LogP) is 3.33. The number of carbonyl (C=O) groups is 1. The Morgan fingerprint density at radius 2 is 1.90 bits per heavy atom. The Bertz CT molecular complexity index is 636. The Kier molecular flexibility index (Phi) is 4.52. The van der Waals surface area contributed by atoms with Crippen molar-refractivity contribution in [1.82, 2.24) is 9.97 Å². The van der Waals surface area contributed by atoms with Gasteiger partial charge in [0.05, 0.1) is 12.1 Å². The van der Waals surface area contributed by atoms with E-state index in [2.05, 4.69) is 23.8 Å². The van der Waals surface area contributed by atoms with E-state index in [1.165, 1.54) is 0 Å². The van der Waals surface area contributed by atoms with Crippen LogP contribution in [0.3, 0.4) is 0 Å². The fraction of sp³-hybridized carbons (Fsp3) is 0.312. The van der Waals surface area contributed by atoms with Gasteiger partial charge in [-0.25, -0.2) is 4.98 Å². The lowest BCUT2D eigenvalue weighted by atomic mass is 10.1. The minimum absolute atomic E-state index is 0.00127. The molecule has 21 heavy (non-hydrogen) atoms. The Hall–Kier alpha value is -2.43. The van der Waals surface area contributed by atoms with Crippen LogP contribution in [0, 0.1) is 6.92 Å². The van der Waals surface area contributed by atoms with Crippen molar-refractivity contribution >= 4 is 5.97 Å². The highest BCUT2D eigenvalue weighted by atomic mass is 16.5. The lowest BCUT2D eigenvalue weighted by Crippen LogP contribution is -2.01. The fourth-order valence-corrected chi connectivity index (χ4v) is 1.86. The average molecular weight is 286 g/mol. The first-order chi connectivity index (χ1) is 9.94. The molecule has 1 heterocycles. The maximum atomic E-state index is 10.6. The molecule has 0 saturated heterocycles. The number of nitrogens with zero attached hydrogens (tertiary/aromatic N) is 2. The third-order valence-electron chi connectivity index (χ3n) is 2.93. The number of benzene rings is 1. The van der Waals surface area contributed by atoms with Gasteiger partial charge in [0.2, 0.25) is 0 Å². The van der Waals surface area contributed by atoms with E-state index in [4.69, 9.17) is 9.84 Å². The van der Waals surface area contributed by atoms with Crippen LogP contribution in [-0.4, -0.2) is 21.0 Å². The van der Waals surface area contributed by atoms with Crippen LogP contribution in [-0.2, 0) is 11.2 Å². The highest BCUT2D eigenvalue weighted by Gasteiger charge is 2.08. The first-order valence-electron chi connectivity index (χ1n) is 6.78. The van der Waals surface area contributed by atoms with Crippen LogP contribution in [0.1, 0.15) is 36.7 Å². The second-order valence-corrected chi connectivity index (χ2v) is 5.19. The first-order valence-corrected chi connectivity index (χ1v) is 6.78. The van der Waals surface area contributed by atoms with Crippen molar-refractivity contribution < 1.29 is 14.6 Å². The SMILES string of the molecule is Cc1cc(C(C)C)nc(Oc2ccc(CC(=O)O)cc2)n1. The van der Waals surface area contributed by atoms with Crippen molar-refractivity contribution in [3.05, 3.63) is 47.3 Å². The molecule has 0 spiro atoms. The van der Waals surface area contributed by atoms with E-state index in [9.17, 15) is 4.79 Å². The van der Waals surface area contributed by atoms with E-state index in [1.54, 1.807) is 24.3 Å². The average Bonchev–Trinajstić information content (AvgIpc) is 2.39. The molecule has 0 aliphatic carbocycles. The number of hydrogen-bond acceptors (Lipinski definition) is 4. The summed E-state index contributed by atoms with van der Waals surface area (Å²) in [4.78, 5) is 19.3. The summed E-state index contributed by atoms with van der Waals surface area (Å²) in [7, 11) is 0. The molecule has 0 fully saturated rings. The van der Waals surface area contributed by atoms with Gasteiger partial charge in [0, 0.05) is 5.69 Å². The van der Waals surface area contributed by atoms with Crippen molar-refractivity contribution in [2.75, 3.05) is 0 Å². The van der Waals surface area contributed by atoms with Crippen LogP contribution in [0.2, 0.25) is 0 Å². The molecule has 1 N–H and O–H groups in total. The van der Waals surface area contributed by atoms with Crippen molar-refractivity contribution in [3.63, 3.8) is 0 Å². The van der Waals surface area contributed by atoms with E-state index in [-0.39, 0.29) is 6.42 Å². The van der Waals surface area contributed by atoms with Crippen LogP contribution in [0.4, 0.5) is 0 Å². The first kappa shape index (κ1) is 15.0. The molecule has 0 aliphatic rings. The standard InChI is InChI=1S/C16H18N2O3/c1-10(2)14-8-11(3)17-16(18-14)21-13-6-4-12(5-7-13)9-15(19)20/h4-8,10H,9H2,1-3H3,(H,19,20). The number of aromatic nitrogens is 2. The summed E-state index contributed by atoms with van der Waals surface area (Å²) in [5.74, 6) is 0.0312. The van der Waals surface area contributed by atoms with Gasteiger partial charge in [0.1, 0.15) is 5.75 Å². The summed E-state index contributed by atoms with van der Waals surface area (Å²) in [6.45, 7) is 6.02. The molecule has 0 radical (unpaired) electrons.